The first-order chi connectivity index (χ1) is 7.23. The summed E-state index contributed by atoms with van der Waals surface area (Å²) in [6.07, 6.45) is 0. The normalized spacial score (nSPS) is 14.1. The van der Waals surface area contributed by atoms with Crippen LogP contribution in [0.3, 0.4) is 0 Å². The molecule has 1 unspecified atom stereocenters. The van der Waals surface area contributed by atoms with Gasteiger partial charge >= 0.3 is 0 Å². The van der Waals surface area contributed by atoms with Crippen LogP contribution in [0.1, 0.15) is 37.8 Å². The minimum absolute atomic E-state index is 0.0271. The Kier molecular flexibility index (Phi) is 3.76. The Morgan fingerprint density at radius 2 is 1.75 bits per heavy atom. The van der Waals surface area contributed by atoms with Crippen molar-refractivity contribution < 1.29 is 13.0 Å². The predicted octanol–water partition coefficient (Wildman–Crippen LogP) is 3.00. The van der Waals surface area contributed by atoms with E-state index in [4.69, 9.17) is 4.55 Å². The van der Waals surface area contributed by atoms with E-state index in [1.165, 1.54) is 6.07 Å². The van der Waals surface area contributed by atoms with E-state index in [1.54, 1.807) is 6.07 Å². The predicted molar refractivity (Wildman–Crippen MR) is 64.2 cm³/mol. The van der Waals surface area contributed by atoms with Gasteiger partial charge in [-0.25, -0.2) is 0 Å². The van der Waals surface area contributed by atoms with Crippen molar-refractivity contribution in [2.45, 2.75) is 38.5 Å². The van der Waals surface area contributed by atoms with Gasteiger partial charge in [-0.2, -0.15) is 8.42 Å². The number of benzene rings is 1. The van der Waals surface area contributed by atoms with E-state index < -0.39 is 10.1 Å². The molecule has 0 radical (unpaired) electrons. The van der Waals surface area contributed by atoms with Gasteiger partial charge in [0.2, 0.25) is 0 Å². The summed E-state index contributed by atoms with van der Waals surface area (Å²) in [5.41, 5.74) is 1.69. The molecule has 90 valence electrons. The van der Waals surface area contributed by atoms with Crippen molar-refractivity contribution in [3.05, 3.63) is 29.3 Å². The SMILES string of the molecule is Cc1ccc(S(=O)(=O)O)c(C(C)C(C)C)c1. The maximum absolute atomic E-state index is 11.2. The van der Waals surface area contributed by atoms with Gasteiger partial charge in [-0.15, -0.1) is 0 Å². The summed E-state index contributed by atoms with van der Waals surface area (Å²) in [6, 6.07) is 4.99. The molecule has 0 amide bonds. The number of rotatable bonds is 3. The summed E-state index contributed by atoms with van der Waals surface area (Å²) in [7, 11) is -4.13. The first-order valence-corrected chi connectivity index (χ1v) is 6.75. The lowest BCUT2D eigenvalue weighted by atomic mass is 9.89. The lowest BCUT2D eigenvalue weighted by Crippen LogP contribution is -2.10. The molecule has 4 heteroatoms. The molecule has 0 aliphatic rings. The minimum Gasteiger partial charge on any atom is -0.282 e. The zero-order valence-corrected chi connectivity index (χ0v) is 10.9. The second kappa shape index (κ2) is 4.55. The highest BCUT2D eigenvalue weighted by Crippen LogP contribution is 2.30. The molecule has 16 heavy (non-hydrogen) atoms. The second-order valence-electron chi connectivity index (χ2n) is 4.55. The number of hydrogen-bond donors (Lipinski definition) is 1. The Morgan fingerprint density at radius 3 is 2.19 bits per heavy atom. The van der Waals surface area contributed by atoms with Gasteiger partial charge in [0.05, 0.1) is 4.90 Å². The molecule has 0 saturated heterocycles. The fraction of sp³-hybridized carbons (Fsp3) is 0.500. The van der Waals surface area contributed by atoms with Gasteiger partial charge in [-0.1, -0.05) is 38.5 Å². The molecule has 3 nitrogen and oxygen atoms in total. The lowest BCUT2D eigenvalue weighted by Gasteiger charge is -2.19. The quantitative estimate of drug-likeness (QED) is 0.829. The van der Waals surface area contributed by atoms with Crippen LogP contribution in [-0.4, -0.2) is 13.0 Å². The molecule has 0 saturated carbocycles. The van der Waals surface area contributed by atoms with Crippen molar-refractivity contribution in [1.29, 1.82) is 0 Å². The minimum atomic E-state index is -4.13. The highest BCUT2D eigenvalue weighted by Gasteiger charge is 2.21. The van der Waals surface area contributed by atoms with Crippen LogP contribution in [-0.2, 0) is 10.1 Å². The fourth-order valence-corrected chi connectivity index (χ4v) is 2.40. The largest absolute Gasteiger partial charge is 0.294 e. The van der Waals surface area contributed by atoms with Crippen LogP contribution in [0.25, 0.3) is 0 Å². The first kappa shape index (κ1) is 13.2. The zero-order valence-electron chi connectivity index (χ0n) is 10.1. The monoisotopic (exact) mass is 242 g/mol. The fourth-order valence-electron chi connectivity index (χ4n) is 1.62. The van der Waals surface area contributed by atoms with Crippen molar-refractivity contribution >= 4 is 10.1 Å². The highest BCUT2D eigenvalue weighted by molar-refractivity contribution is 7.85. The third kappa shape index (κ3) is 2.83. The number of hydrogen-bond acceptors (Lipinski definition) is 2. The summed E-state index contributed by atoms with van der Waals surface area (Å²) in [6.45, 7) is 7.93. The van der Waals surface area contributed by atoms with Crippen molar-refractivity contribution in [2.24, 2.45) is 5.92 Å². The molecule has 1 rings (SSSR count). The third-order valence-corrected chi connectivity index (χ3v) is 3.86. The zero-order chi connectivity index (χ0) is 12.5. The van der Waals surface area contributed by atoms with Crippen LogP contribution >= 0.6 is 0 Å². The van der Waals surface area contributed by atoms with Gasteiger partial charge in [0.1, 0.15) is 0 Å². The average molecular weight is 242 g/mol. The van der Waals surface area contributed by atoms with E-state index >= 15 is 0 Å². The average Bonchev–Trinajstić information content (AvgIpc) is 2.14. The van der Waals surface area contributed by atoms with Crippen molar-refractivity contribution in [1.82, 2.24) is 0 Å². The van der Waals surface area contributed by atoms with Crippen molar-refractivity contribution in [3.63, 3.8) is 0 Å². The molecular formula is C12H18O3S. The molecule has 0 bridgehead atoms. The van der Waals surface area contributed by atoms with Crippen molar-refractivity contribution in [2.75, 3.05) is 0 Å². The Labute approximate surface area is 97.2 Å². The Hall–Kier alpha value is -0.870. The highest BCUT2D eigenvalue weighted by atomic mass is 32.2. The molecule has 1 N–H and O–H groups in total. The van der Waals surface area contributed by atoms with E-state index in [2.05, 4.69) is 0 Å². The first-order valence-electron chi connectivity index (χ1n) is 5.31. The lowest BCUT2D eigenvalue weighted by molar-refractivity contribution is 0.475. The van der Waals surface area contributed by atoms with Gasteiger partial charge in [-0.05, 0) is 30.4 Å². The van der Waals surface area contributed by atoms with Gasteiger partial charge in [0, 0.05) is 0 Å². The molecule has 0 heterocycles. The van der Waals surface area contributed by atoms with Crippen LogP contribution in [0.15, 0.2) is 23.1 Å². The van der Waals surface area contributed by atoms with E-state index in [1.807, 2.05) is 33.8 Å². The second-order valence-corrected chi connectivity index (χ2v) is 5.94. The topological polar surface area (TPSA) is 54.4 Å². The van der Waals surface area contributed by atoms with Crippen LogP contribution in [0.4, 0.5) is 0 Å². The Balaban J connectivity index is 3.41. The Bertz CT molecular complexity index is 475. The molecule has 0 fully saturated rings. The summed E-state index contributed by atoms with van der Waals surface area (Å²) in [5, 5.41) is 0. The van der Waals surface area contributed by atoms with E-state index in [9.17, 15) is 8.42 Å². The standard InChI is InChI=1S/C12H18O3S/c1-8(2)10(4)11-7-9(3)5-6-12(11)16(13,14)15/h5-8,10H,1-4H3,(H,13,14,15). The Morgan fingerprint density at radius 1 is 1.19 bits per heavy atom. The smallest absolute Gasteiger partial charge is 0.282 e. The van der Waals surface area contributed by atoms with E-state index in [-0.39, 0.29) is 10.8 Å². The van der Waals surface area contributed by atoms with E-state index in [0.717, 1.165) is 5.56 Å². The van der Waals surface area contributed by atoms with Crippen LogP contribution in [0.2, 0.25) is 0 Å². The summed E-state index contributed by atoms with van der Waals surface area (Å²) < 4.78 is 31.7. The summed E-state index contributed by atoms with van der Waals surface area (Å²) in [5.74, 6) is 0.416. The van der Waals surface area contributed by atoms with Gasteiger partial charge < -0.3 is 0 Å². The maximum Gasteiger partial charge on any atom is 0.294 e. The molecule has 1 aromatic carbocycles. The molecule has 0 aromatic heterocycles. The van der Waals surface area contributed by atoms with Crippen LogP contribution in [0.5, 0.6) is 0 Å². The molecular weight excluding hydrogens is 224 g/mol. The van der Waals surface area contributed by atoms with Crippen LogP contribution in [0, 0.1) is 12.8 Å². The molecule has 1 aromatic rings. The van der Waals surface area contributed by atoms with Crippen molar-refractivity contribution in [3.8, 4) is 0 Å². The maximum atomic E-state index is 11.2. The van der Waals surface area contributed by atoms with E-state index in [0.29, 0.717) is 11.5 Å². The van der Waals surface area contributed by atoms with Gasteiger partial charge in [-0.3, -0.25) is 4.55 Å². The molecule has 0 aliphatic carbocycles. The summed E-state index contributed by atoms with van der Waals surface area (Å²) >= 11 is 0. The molecule has 0 spiro atoms. The molecule has 1 atom stereocenters. The third-order valence-electron chi connectivity index (χ3n) is 2.93. The number of aryl methyl sites for hydroxylation is 1. The van der Waals surface area contributed by atoms with Gasteiger partial charge in [0.15, 0.2) is 0 Å². The molecule has 0 aliphatic heterocycles. The van der Waals surface area contributed by atoms with Crippen LogP contribution < -0.4 is 0 Å². The summed E-state index contributed by atoms with van der Waals surface area (Å²) in [4.78, 5) is 0.0271. The van der Waals surface area contributed by atoms with Gasteiger partial charge in [0.25, 0.3) is 10.1 Å².